The maximum atomic E-state index is 13.1. The molecule has 0 bridgehead atoms. The Balaban J connectivity index is 1.43. The van der Waals surface area contributed by atoms with Crippen LogP contribution >= 0.6 is 0 Å². The lowest BCUT2D eigenvalue weighted by atomic mass is 9.89. The molecule has 0 saturated heterocycles. The number of carbonyl (C=O) groups is 1. The second-order valence-corrected chi connectivity index (χ2v) is 8.26. The number of aromatic nitrogens is 6. The third-order valence-corrected chi connectivity index (χ3v) is 5.57. The van der Waals surface area contributed by atoms with Gasteiger partial charge in [-0.3, -0.25) is 14.5 Å². The van der Waals surface area contributed by atoms with Gasteiger partial charge in [-0.15, -0.1) is 0 Å². The first-order valence-electron chi connectivity index (χ1n) is 9.99. The molecule has 0 unspecified atom stereocenters. The molecule has 0 atom stereocenters. The maximum absolute atomic E-state index is 13.1. The number of carbonyl (C=O) groups excluding carboxylic acids is 1. The summed E-state index contributed by atoms with van der Waals surface area (Å²) in [6.45, 7) is 2.28. The van der Waals surface area contributed by atoms with Crippen LogP contribution in [0.25, 0.3) is 17.0 Å². The topological polar surface area (TPSA) is 113 Å². The number of hydrogen-bond acceptors (Lipinski definition) is 6. The van der Waals surface area contributed by atoms with Gasteiger partial charge in [0.25, 0.3) is 5.91 Å². The van der Waals surface area contributed by atoms with E-state index in [0.717, 1.165) is 13.8 Å². The molecule has 3 heterocycles. The Morgan fingerprint density at radius 1 is 1.16 bits per heavy atom. The zero-order valence-corrected chi connectivity index (χ0v) is 17.1. The first-order chi connectivity index (χ1) is 14.6. The summed E-state index contributed by atoms with van der Waals surface area (Å²) in [5.41, 5.74) is -0.885. The molecule has 4 rings (SSSR count). The minimum absolute atomic E-state index is 0.149. The standard InChI is InChI=1S/C19H23F3N8O/c1-18(2,19(20,21)22)28-12-5-3-11(4-6-12)25-16(31)15-14-13(9-24-29-14)26-17(27-15)30-8-7-23-10-30/h7-12,28H,3-6H2,1-2H3,(H,24,29)(H,25,31). The van der Waals surface area contributed by atoms with Crippen LogP contribution in [0, 0.1) is 0 Å². The van der Waals surface area contributed by atoms with Crippen molar-refractivity contribution < 1.29 is 18.0 Å². The van der Waals surface area contributed by atoms with Crippen molar-refractivity contribution in [3.05, 3.63) is 30.6 Å². The minimum Gasteiger partial charge on any atom is -0.348 e. The third-order valence-electron chi connectivity index (χ3n) is 5.57. The van der Waals surface area contributed by atoms with Gasteiger partial charge in [-0.05, 0) is 39.5 Å². The summed E-state index contributed by atoms with van der Waals surface area (Å²) in [5, 5.41) is 12.3. The molecule has 31 heavy (non-hydrogen) atoms. The molecule has 0 radical (unpaired) electrons. The number of H-pyrrole nitrogens is 1. The molecule has 0 spiro atoms. The van der Waals surface area contributed by atoms with E-state index in [1.54, 1.807) is 17.0 Å². The molecule has 1 saturated carbocycles. The van der Waals surface area contributed by atoms with Crippen LogP contribution in [-0.4, -0.2) is 59.4 Å². The van der Waals surface area contributed by atoms with E-state index < -0.39 is 11.7 Å². The van der Waals surface area contributed by atoms with E-state index in [-0.39, 0.29) is 23.7 Å². The van der Waals surface area contributed by atoms with Crippen LogP contribution in [0.5, 0.6) is 0 Å². The molecule has 1 fully saturated rings. The Bertz CT molecular complexity index is 1050. The van der Waals surface area contributed by atoms with Crippen molar-refractivity contribution in [2.75, 3.05) is 0 Å². The summed E-state index contributed by atoms with van der Waals surface area (Å²) in [7, 11) is 0. The van der Waals surface area contributed by atoms with Gasteiger partial charge in [0, 0.05) is 24.5 Å². The van der Waals surface area contributed by atoms with E-state index in [0.29, 0.717) is 42.7 Å². The van der Waals surface area contributed by atoms with E-state index in [1.165, 1.54) is 12.5 Å². The molecule has 0 aromatic carbocycles. The third kappa shape index (κ3) is 4.38. The quantitative estimate of drug-likeness (QED) is 0.566. The molecule has 1 aliphatic rings. The number of fused-ring (bicyclic) bond motifs is 1. The predicted octanol–water partition coefficient (Wildman–Crippen LogP) is 2.51. The molecule has 1 amide bonds. The van der Waals surface area contributed by atoms with E-state index >= 15 is 0 Å². The molecule has 9 nitrogen and oxygen atoms in total. The fourth-order valence-corrected chi connectivity index (χ4v) is 3.71. The molecule has 166 valence electrons. The Labute approximate surface area is 175 Å². The predicted molar refractivity (Wildman–Crippen MR) is 106 cm³/mol. The Morgan fingerprint density at radius 3 is 2.52 bits per heavy atom. The molecule has 3 aromatic heterocycles. The SMILES string of the molecule is CC(C)(NC1CCC(NC(=O)c2nc(-n3ccnc3)nc3cn[nH]c23)CC1)C(F)(F)F. The highest BCUT2D eigenvalue weighted by Gasteiger charge is 2.48. The van der Waals surface area contributed by atoms with Gasteiger partial charge in [-0.25, -0.2) is 15.0 Å². The van der Waals surface area contributed by atoms with Gasteiger partial charge < -0.3 is 10.6 Å². The normalized spacial score (nSPS) is 20.2. The van der Waals surface area contributed by atoms with Gasteiger partial charge in [0.1, 0.15) is 22.9 Å². The highest BCUT2D eigenvalue weighted by molar-refractivity contribution is 6.02. The van der Waals surface area contributed by atoms with E-state index in [2.05, 4.69) is 35.8 Å². The van der Waals surface area contributed by atoms with Crippen LogP contribution in [0.4, 0.5) is 13.2 Å². The number of alkyl halides is 3. The number of amides is 1. The van der Waals surface area contributed by atoms with Gasteiger partial charge in [0.15, 0.2) is 5.69 Å². The number of aromatic amines is 1. The molecule has 0 aliphatic heterocycles. The molecular formula is C19H23F3N8O. The largest absolute Gasteiger partial charge is 0.406 e. The van der Waals surface area contributed by atoms with Crippen LogP contribution in [0.3, 0.4) is 0 Å². The number of nitrogens with zero attached hydrogens (tertiary/aromatic N) is 5. The average Bonchev–Trinajstić information content (AvgIpc) is 3.39. The summed E-state index contributed by atoms with van der Waals surface area (Å²) in [6.07, 6.45) is 4.17. The summed E-state index contributed by atoms with van der Waals surface area (Å²) in [6, 6.07) is -0.403. The first kappa shape index (κ1) is 21.2. The van der Waals surface area contributed by atoms with Crippen molar-refractivity contribution in [1.82, 2.24) is 40.3 Å². The molecule has 3 aromatic rings. The second-order valence-electron chi connectivity index (χ2n) is 8.26. The highest BCUT2D eigenvalue weighted by Crippen LogP contribution is 2.32. The Morgan fingerprint density at radius 2 is 1.87 bits per heavy atom. The van der Waals surface area contributed by atoms with E-state index in [4.69, 9.17) is 0 Å². The van der Waals surface area contributed by atoms with Crippen molar-refractivity contribution in [3.63, 3.8) is 0 Å². The number of halogens is 3. The average molecular weight is 436 g/mol. The zero-order valence-electron chi connectivity index (χ0n) is 17.1. The lowest BCUT2D eigenvalue weighted by molar-refractivity contribution is -0.188. The monoisotopic (exact) mass is 436 g/mol. The Kier molecular flexibility index (Phi) is 5.42. The van der Waals surface area contributed by atoms with Crippen molar-refractivity contribution >= 4 is 16.9 Å². The lowest BCUT2D eigenvalue weighted by Gasteiger charge is -2.37. The van der Waals surface area contributed by atoms with Crippen LogP contribution in [0.15, 0.2) is 24.9 Å². The van der Waals surface area contributed by atoms with Crippen LogP contribution in [0.2, 0.25) is 0 Å². The maximum Gasteiger partial charge on any atom is 0.406 e. The molecular weight excluding hydrogens is 413 g/mol. The van der Waals surface area contributed by atoms with Crippen LogP contribution < -0.4 is 10.6 Å². The minimum atomic E-state index is -4.33. The van der Waals surface area contributed by atoms with Gasteiger partial charge in [-0.2, -0.15) is 18.3 Å². The van der Waals surface area contributed by atoms with Crippen molar-refractivity contribution in [2.45, 2.75) is 63.3 Å². The van der Waals surface area contributed by atoms with E-state index in [1.807, 2.05) is 0 Å². The van der Waals surface area contributed by atoms with Crippen molar-refractivity contribution in [3.8, 4) is 5.95 Å². The first-order valence-corrected chi connectivity index (χ1v) is 9.99. The zero-order chi connectivity index (χ0) is 22.2. The number of hydrogen-bond donors (Lipinski definition) is 3. The summed E-state index contributed by atoms with van der Waals surface area (Å²) < 4.78 is 40.9. The fourth-order valence-electron chi connectivity index (χ4n) is 3.71. The highest BCUT2D eigenvalue weighted by atomic mass is 19.4. The number of nitrogens with one attached hydrogen (secondary N) is 3. The van der Waals surface area contributed by atoms with Gasteiger partial charge in [0.2, 0.25) is 5.95 Å². The van der Waals surface area contributed by atoms with Gasteiger partial charge in [-0.1, -0.05) is 0 Å². The van der Waals surface area contributed by atoms with Crippen LogP contribution in [-0.2, 0) is 0 Å². The summed E-state index contributed by atoms with van der Waals surface area (Å²) >= 11 is 0. The van der Waals surface area contributed by atoms with Crippen molar-refractivity contribution in [2.24, 2.45) is 0 Å². The molecule has 1 aliphatic carbocycles. The summed E-state index contributed by atoms with van der Waals surface area (Å²) in [4.78, 5) is 25.6. The van der Waals surface area contributed by atoms with Gasteiger partial charge >= 0.3 is 6.18 Å². The van der Waals surface area contributed by atoms with E-state index in [9.17, 15) is 18.0 Å². The smallest absolute Gasteiger partial charge is 0.348 e. The number of rotatable bonds is 5. The molecule has 3 N–H and O–H groups in total. The van der Waals surface area contributed by atoms with Crippen LogP contribution in [0.1, 0.15) is 50.0 Å². The second kappa shape index (κ2) is 7.91. The lowest BCUT2D eigenvalue weighted by Crippen LogP contribution is -2.57. The number of imidazole rings is 1. The van der Waals surface area contributed by atoms with Crippen molar-refractivity contribution in [1.29, 1.82) is 0 Å². The van der Waals surface area contributed by atoms with Gasteiger partial charge in [0.05, 0.1) is 6.20 Å². The molecule has 12 heteroatoms. The summed E-state index contributed by atoms with van der Waals surface area (Å²) in [5.74, 6) is -0.0936. The fraction of sp³-hybridized carbons (Fsp3) is 0.526. The Hall–Kier alpha value is -3.02.